The molecule has 1 fully saturated rings. The zero-order chi connectivity index (χ0) is 13.8. The number of likely N-dealkylation sites (tertiary alicyclic amines) is 1. The van der Waals surface area contributed by atoms with Crippen LogP contribution >= 0.6 is 15.9 Å². The highest BCUT2D eigenvalue weighted by Crippen LogP contribution is 2.15. The Kier molecular flexibility index (Phi) is 4.68. The number of imide groups is 1. The number of carbonyl (C=O) groups is 2. The standard InChI is InChI=1S/C13H15BrN2O3/c14-11-4-2-1-3-10(11)13(19)15-12(18)8-16-6-5-9(17)7-16/h1-4,9,17H,5-8H2,(H,15,18,19)/t9-/m0/s1. The molecule has 0 aliphatic carbocycles. The molecule has 5 nitrogen and oxygen atoms in total. The molecule has 6 heteroatoms. The first-order valence-electron chi connectivity index (χ1n) is 6.05. The van der Waals surface area contributed by atoms with E-state index in [1.165, 1.54) is 0 Å². The fourth-order valence-corrected chi connectivity index (χ4v) is 2.50. The van der Waals surface area contributed by atoms with Crippen LogP contribution in [0.4, 0.5) is 0 Å². The van der Waals surface area contributed by atoms with Gasteiger partial charge in [-0.15, -0.1) is 0 Å². The number of β-amino-alcohol motifs (C(OH)–C–C–N with tert-alkyl or cyclic N) is 1. The number of nitrogens with one attached hydrogen (secondary N) is 1. The third-order valence-corrected chi connectivity index (χ3v) is 3.68. The van der Waals surface area contributed by atoms with Crippen molar-refractivity contribution in [3.63, 3.8) is 0 Å². The Hall–Kier alpha value is -1.24. The van der Waals surface area contributed by atoms with Crippen molar-refractivity contribution in [3.8, 4) is 0 Å². The molecule has 1 aromatic rings. The second kappa shape index (κ2) is 6.27. The van der Waals surface area contributed by atoms with Crippen LogP contribution in [0, 0.1) is 0 Å². The normalized spacial score (nSPS) is 19.4. The highest BCUT2D eigenvalue weighted by atomic mass is 79.9. The largest absolute Gasteiger partial charge is 0.392 e. The van der Waals surface area contributed by atoms with Gasteiger partial charge in [0.25, 0.3) is 5.91 Å². The summed E-state index contributed by atoms with van der Waals surface area (Å²) in [5.41, 5.74) is 0.428. The van der Waals surface area contributed by atoms with Crippen molar-refractivity contribution in [1.82, 2.24) is 10.2 Å². The maximum absolute atomic E-state index is 11.9. The van der Waals surface area contributed by atoms with Gasteiger partial charge < -0.3 is 5.11 Å². The summed E-state index contributed by atoms with van der Waals surface area (Å²) in [6.45, 7) is 1.29. The minimum atomic E-state index is -0.419. The van der Waals surface area contributed by atoms with Crippen LogP contribution in [-0.4, -0.2) is 47.6 Å². The van der Waals surface area contributed by atoms with E-state index in [0.717, 1.165) is 0 Å². The van der Waals surface area contributed by atoms with E-state index in [1.54, 1.807) is 24.3 Å². The number of amides is 2. The highest BCUT2D eigenvalue weighted by molar-refractivity contribution is 9.10. The zero-order valence-corrected chi connectivity index (χ0v) is 11.9. The Morgan fingerprint density at radius 3 is 2.79 bits per heavy atom. The van der Waals surface area contributed by atoms with Gasteiger partial charge in [0.2, 0.25) is 5.91 Å². The lowest BCUT2D eigenvalue weighted by Gasteiger charge is -2.14. The number of aliphatic hydroxyl groups is 1. The average molecular weight is 327 g/mol. The van der Waals surface area contributed by atoms with Crippen molar-refractivity contribution in [1.29, 1.82) is 0 Å². The summed E-state index contributed by atoms with van der Waals surface area (Å²) in [5.74, 6) is -0.771. The van der Waals surface area contributed by atoms with Gasteiger partial charge >= 0.3 is 0 Å². The number of hydrogen-bond donors (Lipinski definition) is 2. The van der Waals surface area contributed by atoms with E-state index < -0.39 is 5.91 Å². The van der Waals surface area contributed by atoms with Gasteiger partial charge in [-0.3, -0.25) is 19.8 Å². The van der Waals surface area contributed by atoms with Gasteiger partial charge in [-0.05, 0) is 34.5 Å². The number of carbonyl (C=O) groups excluding carboxylic acids is 2. The molecule has 1 heterocycles. The van der Waals surface area contributed by atoms with Crippen molar-refractivity contribution >= 4 is 27.7 Å². The summed E-state index contributed by atoms with van der Waals surface area (Å²) >= 11 is 3.27. The summed E-state index contributed by atoms with van der Waals surface area (Å²) in [6, 6.07) is 6.93. The predicted octanol–water partition coefficient (Wildman–Crippen LogP) is 0.772. The molecule has 1 atom stereocenters. The van der Waals surface area contributed by atoms with Crippen LogP contribution in [0.1, 0.15) is 16.8 Å². The van der Waals surface area contributed by atoms with Crippen LogP contribution in [0.3, 0.4) is 0 Å². The van der Waals surface area contributed by atoms with Gasteiger partial charge in [0.05, 0.1) is 18.2 Å². The summed E-state index contributed by atoms with van der Waals surface area (Å²) in [4.78, 5) is 25.4. The molecule has 2 rings (SSSR count). The molecular weight excluding hydrogens is 312 g/mol. The number of nitrogens with zero attached hydrogens (tertiary/aromatic N) is 1. The smallest absolute Gasteiger partial charge is 0.259 e. The fourth-order valence-electron chi connectivity index (χ4n) is 2.04. The second-order valence-electron chi connectivity index (χ2n) is 4.53. The monoisotopic (exact) mass is 326 g/mol. The molecule has 1 aliphatic heterocycles. The Morgan fingerprint density at radius 1 is 1.42 bits per heavy atom. The lowest BCUT2D eigenvalue weighted by molar-refractivity contribution is -0.121. The summed E-state index contributed by atoms with van der Waals surface area (Å²) < 4.78 is 0.650. The molecule has 1 aromatic carbocycles. The molecule has 0 bridgehead atoms. The van der Waals surface area contributed by atoms with E-state index in [2.05, 4.69) is 21.2 Å². The minimum absolute atomic E-state index is 0.132. The number of benzene rings is 1. The Labute approximate surface area is 119 Å². The van der Waals surface area contributed by atoms with Crippen molar-refractivity contribution in [2.45, 2.75) is 12.5 Å². The van der Waals surface area contributed by atoms with Gasteiger partial charge in [0.1, 0.15) is 0 Å². The fraction of sp³-hybridized carbons (Fsp3) is 0.385. The SMILES string of the molecule is O=C(CN1CC[C@H](O)C1)NC(=O)c1ccccc1Br. The Morgan fingerprint density at radius 2 is 2.16 bits per heavy atom. The number of aliphatic hydroxyl groups excluding tert-OH is 1. The highest BCUT2D eigenvalue weighted by Gasteiger charge is 2.23. The molecule has 19 heavy (non-hydrogen) atoms. The van der Waals surface area contributed by atoms with Crippen LogP contribution in [-0.2, 0) is 4.79 Å². The van der Waals surface area contributed by atoms with E-state index in [-0.39, 0.29) is 18.6 Å². The summed E-state index contributed by atoms with van der Waals surface area (Å²) in [5, 5.41) is 11.7. The molecule has 0 radical (unpaired) electrons. The first kappa shape index (κ1) is 14.2. The van der Waals surface area contributed by atoms with Crippen molar-refractivity contribution in [2.75, 3.05) is 19.6 Å². The maximum atomic E-state index is 11.9. The van der Waals surface area contributed by atoms with Gasteiger partial charge in [-0.2, -0.15) is 0 Å². The topological polar surface area (TPSA) is 69.6 Å². The number of rotatable bonds is 3. The Balaban J connectivity index is 1.89. The van der Waals surface area contributed by atoms with Crippen LogP contribution in [0.25, 0.3) is 0 Å². The van der Waals surface area contributed by atoms with E-state index in [4.69, 9.17) is 0 Å². The summed E-state index contributed by atoms with van der Waals surface area (Å²) in [6.07, 6.45) is 0.303. The van der Waals surface area contributed by atoms with Crippen LogP contribution in [0.5, 0.6) is 0 Å². The van der Waals surface area contributed by atoms with Gasteiger partial charge in [0.15, 0.2) is 0 Å². The van der Waals surface area contributed by atoms with E-state index >= 15 is 0 Å². The van der Waals surface area contributed by atoms with Crippen LogP contribution in [0.15, 0.2) is 28.7 Å². The number of hydrogen-bond acceptors (Lipinski definition) is 4. The minimum Gasteiger partial charge on any atom is -0.392 e. The lowest BCUT2D eigenvalue weighted by atomic mass is 10.2. The van der Waals surface area contributed by atoms with E-state index in [9.17, 15) is 14.7 Å². The molecular formula is C13H15BrN2O3. The third-order valence-electron chi connectivity index (χ3n) is 2.99. The molecule has 0 unspecified atom stereocenters. The third kappa shape index (κ3) is 3.86. The van der Waals surface area contributed by atoms with Crippen molar-refractivity contribution < 1.29 is 14.7 Å². The van der Waals surface area contributed by atoms with Crippen LogP contribution < -0.4 is 5.32 Å². The van der Waals surface area contributed by atoms with Gasteiger partial charge in [-0.1, -0.05) is 12.1 Å². The molecule has 0 aromatic heterocycles. The Bertz CT molecular complexity index is 493. The molecule has 2 amide bonds. The maximum Gasteiger partial charge on any atom is 0.259 e. The molecule has 0 spiro atoms. The van der Waals surface area contributed by atoms with Crippen molar-refractivity contribution in [3.05, 3.63) is 34.3 Å². The predicted molar refractivity (Wildman–Crippen MR) is 73.7 cm³/mol. The van der Waals surface area contributed by atoms with E-state index in [1.807, 2.05) is 4.90 Å². The van der Waals surface area contributed by atoms with Crippen molar-refractivity contribution in [2.24, 2.45) is 0 Å². The van der Waals surface area contributed by atoms with E-state index in [0.29, 0.717) is 29.5 Å². The molecule has 0 saturated carbocycles. The van der Waals surface area contributed by atoms with Crippen LogP contribution in [0.2, 0.25) is 0 Å². The molecule has 1 aliphatic rings. The van der Waals surface area contributed by atoms with Gasteiger partial charge in [0, 0.05) is 17.6 Å². The average Bonchev–Trinajstić information content (AvgIpc) is 2.74. The molecule has 1 saturated heterocycles. The molecule has 102 valence electrons. The zero-order valence-electron chi connectivity index (χ0n) is 10.3. The second-order valence-corrected chi connectivity index (χ2v) is 5.39. The quantitative estimate of drug-likeness (QED) is 0.861. The number of halogens is 1. The summed E-state index contributed by atoms with van der Waals surface area (Å²) in [7, 11) is 0. The first-order chi connectivity index (χ1) is 9.06. The lowest BCUT2D eigenvalue weighted by Crippen LogP contribution is -2.39. The molecule has 2 N–H and O–H groups in total. The first-order valence-corrected chi connectivity index (χ1v) is 6.84. The van der Waals surface area contributed by atoms with Gasteiger partial charge in [-0.25, -0.2) is 0 Å².